The lowest BCUT2D eigenvalue weighted by molar-refractivity contribution is 0.00741. The van der Waals surface area contributed by atoms with Gasteiger partial charge in [-0.1, -0.05) is 26.7 Å². The number of hydrogen-bond donors (Lipinski definition) is 1. The van der Waals surface area contributed by atoms with E-state index in [-0.39, 0.29) is 24.0 Å². The van der Waals surface area contributed by atoms with E-state index in [2.05, 4.69) is 34.0 Å². The van der Waals surface area contributed by atoms with Gasteiger partial charge >= 0.3 is 0 Å². The molecule has 1 atom stereocenters. The average molecular weight is 464 g/mol. The van der Waals surface area contributed by atoms with Gasteiger partial charge in [0.25, 0.3) is 0 Å². The van der Waals surface area contributed by atoms with Crippen molar-refractivity contribution in [2.45, 2.75) is 52.0 Å². The second-order valence-electron chi connectivity index (χ2n) is 8.27. The van der Waals surface area contributed by atoms with Crippen molar-refractivity contribution in [2.24, 2.45) is 16.3 Å². The van der Waals surface area contributed by atoms with Crippen LogP contribution >= 0.6 is 24.0 Å². The van der Waals surface area contributed by atoms with Crippen molar-refractivity contribution in [1.29, 1.82) is 0 Å². The lowest BCUT2D eigenvalue weighted by Gasteiger charge is -2.37. The number of morpholine rings is 1. The van der Waals surface area contributed by atoms with E-state index in [4.69, 9.17) is 4.74 Å². The van der Waals surface area contributed by atoms with Crippen molar-refractivity contribution in [1.82, 2.24) is 15.1 Å². The number of halogens is 1. The van der Waals surface area contributed by atoms with Crippen molar-refractivity contribution in [3.63, 3.8) is 0 Å². The minimum Gasteiger partial charge on any atom is -0.379 e. The molecule has 3 fully saturated rings. The van der Waals surface area contributed by atoms with E-state index in [9.17, 15) is 0 Å². The van der Waals surface area contributed by atoms with Crippen molar-refractivity contribution in [3.8, 4) is 0 Å². The van der Waals surface area contributed by atoms with E-state index in [0.29, 0.717) is 17.4 Å². The second kappa shape index (κ2) is 9.74. The minimum atomic E-state index is 0. The van der Waals surface area contributed by atoms with Crippen LogP contribution < -0.4 is 5.32 Å². The Morgan fingerprint density at radius 2 is 1.80 bits per heavy atom. The molecule has 146 valence electrons. The highest BCUT2D eigenvalue weighted by Crippen LogP contribution is 2.45. The van der Waals surface area contributed by atoms with Gasteiger partial charge in [-0.2, -0.15) is 0 Å². The Bertz CT molecular complexity index is 431. The molecule has 3 aliphatic rings. The van der Waals surface area contributed by atoms with Crippen LogP contribution in [-0.4, -0.2) is 74.8 Å². The summed E-state index contributed by atoms with van der Waals surface area (Å²) in [5.74, 6) is 1.74. The average Bonchev–Trinajstić information content (AvgIpc) is 3.22. The van der Waals surface area contributed by atoms with E-state index in [0.717, 1.165) is 38.8 Å². The van der Waals surface area contributed by atoms with Crippen LogP contribution in [-0.2, 0) is 4.74 Å². The number of rotatable bonds is 4. The standard InChI is InChI=1S/C19H36N4O.HI/c1-16(2)17(22-10-12-24-13-11-22)14-21-18(20-3)23-9-8-19(15-23)6-4-5-7-19;/h16-17H,4-15H2,1-3H3,(H,20,21);1H. The van der Waals surface area contributed by atoms with Crippen LogP contribution in [0.2, 0.25) is 0 Å². The molecule has 2 saturated heterocycles. The Labute approximate surface area is 171 Å². The van der Waals surface area contributed by atoms with Crippen LogP contribution in [0, 0.1) is 11.3 Å². The highest BCUT2D eigenvalue weighted by molar-refractivity contribution is 14.0. The van der Waals surface area contributed by atoms with Crippen molar-refractivity contribution < 1.29 is 4.74 Å². The number of nitrogens with zero attached hydrogens (tertiary/aromatic N) is 3. The molecule has 0 bridgehead atoms. The minimum absolute atomic E-state index is 0. The lowest BCUT2D eigenvalue weighted by atomic mass is 9.86. The van der Waals surface area contributed by atoms with E-state index in [1.165, 1.54) is 45.2 Å². The zero-order valence-electron chi connectivity index (χ0n) is 16.3. The molecule has 1 saturated carbocycles. The number of ether oxygens (including phenoxy) is 1. The monoisotopic (exact) mass is 464 g/mol. The Morgan fingerprint density at radius 1 is 1.12 bits per heavy atom. The smallest absolute Gasteiger partial charge is 0.193 e. The molecule has 0 radical (unpaired) electrons. The van der Waals surface area contributed by atoms with Gasteiger partial charge in [-0.3, -0.25) is 9.89 Å². The summed E-state index contributed by atoms with van der Waals surface area (Å²) in [6.45, 7) is 11.8. The summed E-state index contributed by atoms with van der Waals surface area (Å²) >= 11 is 0. The molecule has 0 aromatic carbocycles. The molecule has 25 heavy (non-hydrogen) atoms. The van der Waals surface area contributed by atoms with Gasteiger partial charge in [0.15, 0.2) is 5.96 Å². The third-order valence-electron chi connectivity index (χ3n) is 6.37. The van der Waals surface area contributed by atoms with Gasteiger partial charge in [0.1, 0.15) is 0 Å². The van der Waals surface area contributed by atoms with E-state index in [1.807, 2.05) is 7.05 Å². The summed E-state index contributed by atoms with van der Waals surface area (Å²) in [6.07, 6.45) is 7.04. The highest BCUT2D eigenvalue weighted by atomic mass is 127. The molecule has 2 aliphatic heterocycles. The molecule has 3 rings (SSSR count). The Balaban J connectivity index is 0.00000225. The summed E-state index contributed by atoms with van der Waals surface area (Å²) < 4.78 is 5.52. The molecule has 1 spiro atoms. The highest BCUT2D eigenvalue weighted by Gasteiger charge is 2.41. The Hall–Kier alpha value is -0.0800. The molecule has 0 aromatic rings. The summed E-state index contributed by atoms with van der Waals surface area (Å²) in [7, 11) is 1.93. The van der Waals surface area contributed by atoms with E-state index >= 15 is 0 Å². The third kappa shape index (κ3) is 5.22. The van der Waals surface area contributed by atoms with Crippen LogP contribution in [0.25, 0.3) is 0 Å². The van der Waals surface area contributed by atoms with Gasteiger partial charge < -0.3 is 15.0 Å². The fourth-order valence-electron chi connectivity index (χ4n) is 4.87. The first-order valence-electron chi connectivity index (χ1n) is 9.91. The molecule has 0 amide bonds. The molecular weight excluding hydrogens is 427 g/mol. The maximum atomic E-state index is 5.52. The maximum Gasteiger partial charge on any atom is 0.193 e. The number of guanidine groups is 1. The molecule has 6 heteroatoms. The second-order valence-corrected chi connectivity index (χ2v) is 8.27. The first-order valence-corrected chi connectivity index (χ1v) is 9.91. The summed E-state index contributed by atoms with van der Waals surface area (Å²) in [5.41, 5.74) is 0.597. The van der Waals surface area contributed by atoms with Crippen molar-refractivity contribution in [2.75, 3.05) is 53.0 Å². The number of hydrogen-bond acceptors (Lipinski definition) is 3. The van der Waals surface area contributed by atoms with Crippen LogP contribution in [0.15, 0.2) is 4.99 Å². The van der Waals surface area contributed by atoms with E-state index < -0.39 is 0 Å². The topological polar surface area (TPSA) is 40.1 Å². The zero-order valence-corrected chi connectivity index (χ0v) is 18.6. The van der Waals surface area contributed by atoms with Gasteiger partial charge in [-0.05, 0) is 30.6 Å². The summed E-state index contributed by atoms with van der Waals surface area (Å²) in [6, 6.07) is 0.550. The summed E-state index contributed by atoms with van der Waals surface area (Å²) in [5, 5.41) is 3.69. The fraction of sp³-hybridized carbons (Fsp3) is 0.947. The molecule has 2 heterocycles. The number of aliphatic imine (C=N–C) groups is 1. The first-order chi connectivity index (χ1) is 11.6. The number of likely N-dealkylation sites (tertiary alicyclic amines) is 1. The Kier molecular flexibility index (Phi) is 8.27. The quantitative estimate of drug-likeness (QED) is 0.395. The SMILES string of the molecule is CN=C(NCC(C(C)C)N1CCOCC1)N1CCC2(CCCC2)C1.I. The van der Waals surface area contributed by atoms with Gasteiger partial charge in [-0.25, -0.2) is 0 Å². The Morgan fingerprint density at radius 3 is 2.40 bits per heavy atom. The predicted molar refractivity (Wildman–Crippen MR) is 115 cm³/mol. The molecule has 1 N–H and O–H groups in total. The summed E-state index contributed by atoms with van der Waals surface area (Å²) in [4.78, 5) is 9.67. The number of nitrogens with one attached hydrogen (secondary N) is 1. The van der Waals surface area contributed by atoms with Crippen molar-refractivity contribution >= 4 is 29.9 Å². The van der Waals surface area contributed by atoms with Gasteiger partial charge in [0.05, 0.1) is 13.2 Å². The van der Waals surface area contributed by atoms with Crippen molar-refractivity contribution in [3.05, 3.63) is 0 Å². The first kappa shape index (κ1) is 21.2. The van der Waals surface area contributed by atoms with Crippen LogP contribution in [0.4, 0.5) is 0 Å². The van der Waals surface area contributed by atoms with Crippen LogP contribution in [0.5, 0.6) is 0 Å². The van der Waals surface area contributed by atoms with Crippen LogP contribution in [0.3, 0.4) is 0 Å². The van der Waals surface area contributed by atoms with Gasteiger partial charge in [0, 0.05) is 45.8 Å². The third-order valence-corrected chi connectivity index (χ3v) is 6.37. The molecule has 1 unspecified atom stereocenters. The molecule has 1 aliphatic carbocycles. The van der Waals surface area contributed by atoms with Gasteiger partial charge in [0.2, 0.25) is 0 Å². The van der Waals surface area contributed by atoms with Crippen LogP contribution in [0.1, 0.15) is 46.0 Å². The van der Waals surface area contributed by atoms with Gasteiger partial charge in [-0.15, -0.1) is 24.0 Å². The van der Waals surface area contributed by atoms with E-state index in [1.54, 1.807) is 0 Å². The fourth-order valence-corrected chi connectivity index (χ4v) is 4.87. The predicted octanol–water partition coefficient (Wildman–Crippen LogP) is 2.80. The lowest BCUT2D eigenvalue weighted by Crippen LogP contribution is -2.53. The normalized spacial score (nSPS) is 25.4. The molecule has 0 aromatic heterocycles. The molecule has 5 nitrogen and oxygen atoms in total. The largest absolute Gasteiger partial charge is 0.379 e. The maximum absolute atomic E-state index is 5.52. The zero-order chi connectivity index (χ0) is 17.0. The molecular formula is C19H37IN4O.